The highest BCUT2D eigenvalue weighted by Gasteiger charge is 2.29. The zero-order valence-electron chi connectivity index (χ0n) is 8.16. The van der Waals surface area contributed by atoms with Gasteiger partial charge in [-0.15, -0.1) is 41.2 Å². The number of hydrogen-bond donors (Lipinski definition) is 0. The third kappa shape index (κ3) is 5.45. The molecule has 0 N–H and O–H groups in total. The fraction of sp³-hybridized carbons (Fsp3) is 0.750. The summed E-state index contributed by atoms with van der Waals surface area (Å²) in [5.41, 5.74) is -0.123. The zero-order chi connectivity index (χ0) is 11.7. The molecular weight excluding hydrogens is 279 g/mol. The van der Waals surface area contributed by atoms with Crippen LogP contribution in [0.25, 0.3) is 0 Å². The molecule has 88 valence electrons. The number of halogens is 3. The molecule has 0 saturated carbocycles. The molecule has 0 amide bonds. The van der Waals surface area contributed by atoms with Crippen molar-refractivity contribution in [3.05, 3.63) is 0 Å². The summed E-state index contributed by atoms with van der Waals surface area (Å²) in [6.45, 7) is 0.775. The average molecular weight is 293 g/mol. The lowest BCUT2D eigenvalue weighted by Crippen LogP contribution is -2.26. The molecule has 0 aromatic rings. The van der Waals surface area contributed by atoms with Crippen LogP contribution in [0.2, 0.25) is 0 Å². The fourth-order valence-corrected chi connectivity index (χ4v) is 3.72. The van der Waals surface area contributed by atoms with Gasteiger partial charge in [0.2, 0.25) is 0 Å². The molecule has 0 radical (unpaired) electrons. The van der Waals surface area contributed by atoms with E-state index in [0.29, 0.717) is 24.8 Å². The monoisotopic (exact) mass is 291 g/mol. The van der Waals surface area contributed by atoms with Crippen LogP contribution in [0.1, 0.15) is 0 Å². The normalized spacial score (nSPS) is 14.9. The standard InChI is InChI=1S/C8H13Cl3NO2P/c1-2-7-14-15(13,8-11)12(5-3-9)6-4-10/h1H,3-8H2/t15-/m1/s1. The molecule has 0 unspecified atom stereocenters. The maximum absolute atomic E-state index is 12.2. The van der Waals surface area contributed by atoms with Crippen LogP contribution >= 0.6 is 42.3 Å². The van der Waals surface area contributed by atoms with Crippen molar-refractivity contribution in [1.29, 1.82) is 0 Å². The predicted molar refractivity (Wildman–Crippen MR) is 66.1 cm³/mol. The summed E-state index contributed by atoms with van der Waals surface area (Å²) in [4.78, 5) is 0. The van der Waals surface area contributed by atoms with E-state index >= 15 is 0 Å². The quantitative estimate of drug-likeness (QED) is 0.391. The highest BCUT2D eigenvalue weighted by atomic mass is 35.5. The van der Waals surface area contributed by atoms with E-state index in [-0.39, 0.29) is 12.2 Å². The molecular formula is C8H13Cl3NO2P. The second kappa shape index (κ2) is 8.70. The maximum atomic E-state index is 12.2. The van der Waals surface area contributed by atoms with E-state index in [2.05, 4.69) is 5.92 Å². The van der Waals surface area contributed by atoms with Crippen LogP contribution in [-0.2, 0) is 9.09 Å². The first-order valence-corrected chi connectivity index (χ1v) is 7.61. The Labute approximate surface area is 106 Å². The molecule has 0 aromatic heterocycles. The highest BCUT2D eigenvalue weighted by molar-refractivity contribution is 7.58. The van der Waals surface area contributed by atoms with Crippen LogP contribution in [0, 0.1) is 12.3 Å². The molecule has 7 heteroatoms. The molecule has 0 saturated heterocycles. The average Bonchev–Trinajstić information content (AvgIpc) is 2.25. The van der Waals surface area contributed by atoms with E-state index in [0.717, 1.165) is 0 Å². The lowest BCUT2D eigenvalue weighted by Gasteiger charge is -2.27. The number of nitrogens with zero attached hydrogens (tertiary/aromatic N) is 1. The first-order valence-electron chi connectivity index (χ1n) is 4.25. The van der Waals surface area contributed by atoms with E-state index in [1.165, 1.54) is 0 Å². The lowest BCUT2D eigenvalue weighted by atomic mass is 10.6. The second-order valence-corrected chi connectivity index (χ2v) is 6.38. The summed E-state index contributed by atoms with van der Waals surface area (Å²) >= 11 is 16.8. The fourth-order valence-electron chi connectivity index (χ4n) is 0.942. The largest absolute Gasteiger partial charge is 0.304 e. The van der Waals surface area contributed by atoms with Gasteiger partial charge in [0.25, 0.3) is 7.52 Å². The number of alkyl halides is 3. The van der Waals surface area contributed by atoms with Crippen LogP contribution < -0.4 is 0 Å². The van der Waals surface area contributed by atoms with Gasteiger partial charge >= 0.3 is 0 Å². The van der Waals surface area contributed by atoms with Crippen LogP contribution in [0.15, 0.2) is 0 Å². The molecule has 0 aromatic carbocycles. The zero-order valence-corrected chi connectivity index (χ0v) is 11.3. The molecule has 0 spiro atoms. The van der Waals surface area contributed by atoms with Gasteiger partial charge in [0, 0.05) is 24.8 Å². The minimum Gasteiger partial charge on any atom is -0.304 e. The number of hydrogen-bond acceptors (Lipinski definition) is 2. The Morgan fingerprint density at radius 1 is 1.27 bits per heavy atom. The minimum atomic E-state index is -3.07. The topological polar surface area (TPSA) is 29.5 Å². The van der Waals surface area contributed by atoms with Crippen LogP contribution in [0.3, 0.4) is 0 Å². The summed E-state index contributed by atoms with van der Waals surface area (Å²) in [5, 5.41) is 0. The van der Waals surface area contributed by atoms with Gasteiger partial charge in [-0.2, -0.15) is 0 Å². The van der Waals surface area contributed by atoms with Crippen molar-refractivity contribution >= 4 is 42.3 Å². The first kappa shape index (κ1) is 15.6. The van der Waals surface area contributed by atoms with Gasteiger partial charge in [-0.1, -0.05) is 5.92 Å². The number of terminal acetylenes is 1. The molecule has 0 fully saturated rings. The molecule has 15 heavy (non-hydrogen) atoms. The molecule has 0 heterocycles. The van der Waals surface area contributed by atoms with Crippen molar-refractivity contribution in [3.63, 3.8) is 0 Å². The van der Waals surface area contributed by atoms with Gasteiger partial charge in [-0.25, -0.2) is 4.67 Å². The smallest absolute Gasteiger partial charge is 0.287 e. The third-order valence-electron chi connectivity index (χ3n) is 1.62. The van der Waals surface area contributed by atoms with Crippen LogP contribution in [0.5, 0.6) is 0 Å². The lowest BCUT2D eigenvalue weighted by molar-refractivity contribution is 0.299. The summed E-state index contributed by atoms with van der Waals surface area (Å²) in [5.74, 6) is 2.91. The minimum absolute atomic E-state index is 0.0366. The Morgan fingerprint density at radius 2 is 1.80 bits per heavy atom. The summed E-state index contributed by atoms with van der Waals surface area (Å²) in [6, 6.07) is 0. The van der Waals surface area contributed by atoms with Crippen LogP contribution in [0.4, 0.5) is 0 Å². The van der Waals surface area contributed by atoms with E-state index in [4.69, 9.17) is 45.7 Å². The van der Waals surface area contributed by atoms with Gasteiger partial charge < -0.3 is 4.52 Å². The highest BCUT2D eigenvalue weighted by Crippen LogP contribution is 2.51. The van der Waals surface area contributed by atoms with Gasteiger partial charge in [-0.05, 0) is 0 Å². The molecule has 0 bridgehead atoms. The first-order chi connectivity index (χ1) is 7.14. The summed E-state index contributed by atoms with van der Waals surface area (Å²) < 4.78 is 18.8. The van der Waals surface area contributed by atoms with Crippen molar-refractivity contribution in [2.75, 3.05) is 37.1 Å². The van der Waals surface area contributed by atoms with Crippen molar-refractivity contribution in [2.24, 2.45) is 0 Å². The van der Waals surface area contributed by atoms with E-state index in [1.54, 1.807) is 4.67 Å². The Kier molecular flexibility index (Phi) is 9.04. The molecule has 0 aliphatic rings. The van der Waals surface area contributed by atoms with Crippen molar-refractivity contribution < 1.29 is 9.09 Å². The molecule has 0 aliphatic carbocycles. The van der Waals surface area contributed by atoms with Crippen LogP contribution in [-0.4, -0.2) is 41.7 Å². The van der Waals surface area contributed by atoms with Crippen molar-refractivity contribution in [1.82, 2.24) is 4.67 Å². The van der Waals surface area contributed by atoms with Gasteiger partial charge in [0.15, 0.2) is 0 Å². The predicted octanol–water partition coefficient (Wildman–Crippen LogP) is 2.81. The Balaban J connectivity index is 4.54. The number of rotatable bonds is 8. The van der Waals surface area contributed by atoms with E-state index in [9.17, 15) is 4.57 Å². The van der Waals surface area contributed by atoms with Crippen molar-refractivity contribution in [2.45, 2.75) is 0 Å². The SMILES string of the molecule is C#CCO[P@](=O)(CCl)N(CCCl)CCCl. The van der Waals surface area contributed by atoms with Crippen molar-refractivity contribution in [3.8, 4) is 12.3 Å². The Morgan fingerprint density at radius 3 is 2.13 bits per heavy atom. The third-order valence-corrected chi connectivity index (χ3v) is 4.96. The van der Waals surface area contributed by atoms with E-state index < -0.39 is 7.52 Å². The van der Waals surface area contributed by atoms with Gasteiger partial charge in [-0.3, -0.25) is 4.57 Å². The summed E-state index contributed by atoms with van der Waals surface area (Å²) in [7, 11) is -3.07. The molecule has 3 nitrogen and oxygen atoms in total. The Hall–Kier alpha value is 0.580. The van der Waals surface area contributed by atoms with Gasteiger partial charge in [0.05, 0.1) is 0 Å². The maximum Gasteiger partial charge on any atom is 0.287 e. The van der Waals surface area contributed by atoms with Gasteiger partial charge in [0.1, 0.15) is 12.2 Å². The molecule has 1 atom stereocenters. The second-order valence-electron chi connectivity index (χ2n) is 2.57. The molecule has 0 rings (SSSR count). The van der Waals surface area contributed by atoms with E-state index in [1.807, 2.05) is 0 Å². The Bertz CT molecular complexity index is 251. The molecule has 0 aliphatic heterocycles. The summed E-state index contributed by atoms with van der Waals surface area (Å²) in [6.07, 6.45) is 5.03.